The average Bonchev–Trinajstić information content (AvgIpc) is 3.06. The fourth-order valence-corrected chi connectivity index (χ4v) is 3.53. The molecule has 1 aliphatic heterocycles. The molecule has 3 heteroatoms. The van der Waals surface area contributed by atoms with Crippen molar-refractivity contribution in [1.82, 2.24) is 4.90 Å². The number of amides is 1. The third-order valence-corrected chi connectivity index (χ3v) is 4.65. The van der Waals surface area contributed by atoms with Gasteiger partial charge in [-0.25, -0.2) is 0 Å². The molecule has 0 radical (unpaired) electrons. The molecule has 1 heterocycles. The van der Waals surface area contributed by atoms with Gasteiger partial charge in [-0.15, -0.1) is 0 Å². The lowest BCUT2D eigenvalue weighted by molar-refractivity contribution is 0.0719. The molecule has 0 saturated heterocycles. The Hall–Kier alpha value is -1.35. The van der Waals surface area contributed by atoms with Crippen molar-refractivity contribution in [3.63, 3.8) is 0 Å². The van der Waals surface area contributed by atoms with Gasteiger partial charge >= 0.3 is 0 Å². The van der Waals surface area contributed by atoms with Crippen LogP contribution in [0.15, 0.2) is 18.2 Å². The van der Waals surface area contributed by atoms with Crippen molar-refractivity contribution in [3.8, 4) is 0 Å². The van der Waals surface area contributed by atoms with Crippen molar-refractivity contribution in [1.29, 1.82) is 0 Å². The highest BCUT2D eigenvalue weighted by Crippen LogP contribution is 2.34. The van der Waals surface area contributed by atoms with Crippen LogP contribution in [0.2, 0.25) is 0 Å². The Morgan fingerprint density at radius 2 is 1.95 bits per heavy atom. The summed E-state index contributed by atoms with van der Waals surface area (Å²) in [5, 5.41) is 9.38. The molecule has 3 nitrogen and oxygen atoms in total. The summed E-state index contributed by atoms with van der Waals surface area (Å²) in [4.78, 5) is 14.3. The maximum Gasteiger partial charge on any atom is 0.254 e. The Morgan fingerprint density at radius 1 is 1.24 bits per heavy atom. The molecule has 21 heavy (non-hydrogen) atoms. The number of carbonyl (C=O) groups is 1. The van der Waals surface area contributed by atoms with Crippen molar-refractivity contribution in [2.24, 2.45) is 11.8 Å². The highest BCUT2D eigenvalue weighted by atomic mass is 16.3. The van der Waals surface area contributed by atoms with Gasteiger partial charge in [-0.2, -0.15) is 0 Å². The van der Waals surface area contributed by atoms with Gasteiger partial charge < -0.3 is 10.0 Å². The van der Waals surface area contributed by atoms with E-state index in [0.29, 0.717) is 11.8 Å². The van der Waals surface area contributed by atoms with Crippen LogP contribution in [-0.2, 0) is 6.54 Å². The van der Waals surface area contributed by atoms with Gasteiger partial charge in [-0.05, 0) is 43.2 Å². The molecule has 0 spiro atoms. The summed E-state index contributed by atoms with van der Waals surface area (Å²) in [6.45, 7) is 7.87. The molecule has 0 aromatic heterocycles. The van der Waals surface area contributed by atoms with E-state index in [1.807, 2.05) is 30.9 Å². The number of nitrogens with zero attached hydrogens (tertiary/aromatic N) is 1. The third kappa shape index (κ3) is 3.29. The normalized spacial score (nSPS) is 23.8. The fraction of sp³-hybridized carbons (Fsp3) is 0.611. The van der Waals surface area contributed by atoms with Crippen LogP contribution in [0, 0.1) is 18.8 Å². The molecular weight excluding hydrogens is 262 g/mol. The van der Waals surface area contributed by atoms with Gasteiger partial charge in [-0.3, -0.25) is 4.79 Å². The van der Waals surface area contributed by atoms with Crippen LogP contribution in [0.4, 0.5) is 0 Å². The second kappa shape index (κ2) is 7.08. The first-order valence-corrected chi connectivity index (χ1v) is 8.18. The Kier molecular flexibility index (Phi) is 5.40. The first kappa shape index (κ1) is 16.0. The van der Waals surface area contributed by atoms with Crippen molar-refractivity contribution in [3.05, 3.63) is 34.9 Å². The standard InChI is InChI=1S/C16H21NO2.C2H6/c1-11-5-6-15-14(7-11)9-17(16(15)19)8-12-3-2-4-13(12)10-18;1-2/h5-7,12-13,18H,2-4,8-10H2,1H3;1-2H3. The quantitative estimate of drug-likeness (QED) is 0.926. The molecule has 1 saturated carbocycles. The molecular formula is C18H27NO2. The number of carbonyl (C=O) groups excluding carboxylic acids is 1. The van der Waals surface area contributed by atoms with Crippen LogP contribution in [-0.4, -0.2) is 29.1 Å². The zero-order valence-electron chi connectivity index (χ0n) is 13.4. The summed E-state index contributed by atoms with van der Waals surface area (Å²) in [5.74, 6) is 1.03. The Balaban J connectivity index is 0.000000774. The maximum atomic E-state index is 12.4. The van der Waals surface area contributed by atoms with Gasteiger partial charge in [0.2, 0.25) is 0 Å². The number of aliphatic hydroxyl groups is 1. The van der Waals surface area contributed by atoms with Crippen LogP contribution in [0.25, 0.3) is 0 Å². The van der Waals surface area contributed by atoms with E-state index in [0.717, 1.165) is 37.1 Å². The van der Waals surface area contributed by atoms with Crippen LogP contribution in [0.5, 0.6) is 0 Å². The predicted molar refractivity (Wildman–Crippen MR) is 85.2 cm³/mol. The van der Waals surface area contributed by atoms with Crippen LogP contribution < -0.4 is 0 Å². The Morgan fingerprint density at radius 3 is 2.67 bits per heavy atom. The van der Waals surface area contributed by atoms with E-state index in [-0.39, 0.29) is 12.5 Å². The second-order valence-electron chi connectivity index (χ2n) is 5.98. The number of rotatable bonds is 3. The first-order chi connectivity index (χ1) is 10.2. The molecule has 0 bridgehead atoms. The van der Waals surface area contributed by atoms with E-state index in [2.05, 4.69) is 13.0 Å². The summed E-state index contributed by atoms with van der Waals surface area (Å²) < 4.78 is 0. The minimum atomic E-state index is 0.165. The van der Waals surface area contributed by atoms with Gasteiger partial charge in [0.05, 0.1) is 0 Å². The molecule has 2 unspecified atom stereocenters. The molecule has 116 valence electrons. The highest BCUT2D eigenvalue weighted by Gasteiger charge is 2.33. The molecule has 1 fully saturated rings. The lowest BCUT2D eigenvalue weighted by Gasteiger charge is -2.24. The molecule has 1 aliphatic carbocycles. The zero-order valence-corrected chi connectivity index (χ0v) is 13.4. The minimum Gasteiger partial charge on any atom is -0.396 e. The number of benzene rings is 1. The summed E-state index contributed by atoms with van der Waals surface area (Å²) in [6, 6.07) is 6.07. The van der Waals surface area contributed by atoms with Gasteiger partial charge in [0.1, 0.15) is 0 Å². The molecule has 1 aromatic rings. The van der Waals surface area contributed by atoms with Crippen LogP contribution >= 0.6 is 0 Å². The average molecular weight is 289 g/mol. The van der Waals surface area contributed by atoms with Gasteiger partial charge in [0.25, 0.3) is 5.91 Å². The van der Waals surface area contributed by atoms with E-state index in [9.17, 15) is 9.90 Å². The number of hydrogen-bond donors (Lipinski definition) is 1. The fourth-order valence-electron chi connectivity index (χ4n) is 3.53. The third-order valence-electron chi connectivity index (χ3n) is 4.65. The lowest BCUT2D eigenvalue weighted by Crippen LogP contribution is -2.32. The smallest absolute Gasteiger partial charge is 0.254 e. The van der Waals surface area contributed by atoms with Crippen molar-refractivity contribution >= 4 is 5.91 Å². The van der Waals surface area contributed by atoms with Gasteiger partial charge in [0, 0.05) is 25.3 Å². The van der Waals surface area contributed by atoms with Crippen molar-refractivity contribution in [2.75, 3.05) is 13.2 Å². The summed E-state index contributed by atoms with van der Waals surface area (Å²) in [5.41, 5.74) is 3.23. The molecule has 1 N–H and O–H groups in total. The highest BCUT2D eigenvalue weighted by molar-refractivity contribution is 5.98. The predicted octanol–water partition coefficient (Wildman–Crippen LogP) is 3.39. The topological polar surface area (TPSA) is 40.5 Å². The van der Waals surface area contributed by atoms with E-state index in [1.54, 1.807) is 0 Å². The molecule has 1 amide bonds. The number of aryl methyl sites for hydroxylation is 1. The minimum absolute atomic E-state index is 0.165. The SMILES string of the molecule is CC.Cc1ccc2c(c1)CN(CC1CCCC1CO)C2=O. The Bertz CT molecular complexity index is 498. The largest absolute Gasteiger partial charge is 0.396 e. The van der Waals surface area contributed by atoms with E-state index in [1.165, 1.54) is 12.0 Å². The number of fused-ring (bicyclic) bond motifs is 1. The molecule has 2 atom stereocenters. The second-order valence-corrected chi connectivity index (χ2v) is 5.98. The van der Waals surface area contributed by atoms with E-state index < -0.39 is 0 Å². The van der Waals surface area contributed by atoms with Crippen molar-refractivity contribution in [2.45, 2.75) is 46.6 Å². The van der Waals surface area contributed by atoms with E-state index >= 15 is 0 Å². The summed E-state index contributed by atoms with van der Waals surface area (Å²) in [6.07, 6.45) is 3.43. The Labute approximate surface area is 128 Å². The van der Waals surface area contributed by atoms with E-state index in [4.69, 9.17) is 0 Å². The molecule has 1 aromatic carbocycles. The van der Waals surface area contributed by atoms with Crippen molar-refractivity contribution < 1.29 is 9.90 Å². The van der Waals surface area contributed by atoms with Gasteiger partial charge in [-0.1, -0.05) is 38.0 Å². The number of hydrogen-bond acceptors (Lipinski definition) is 2. The molecule has 3 rings (SSSR count). The summed E-state index contributed by atoms with van der Waals surface area (Å²) >= 11 is 0. The first-order valence-electron chi connectivity index (χ1n) is 8.18. The maximum absolute atomic E-state index is 12.4. The lowest BCUT2D eigenvalue weighted by atomic mass is 9.96. The number of aliphatic hydroxyl groups excluding tert-OH is 1. The summed E-state index contributed by atoms with van der Waals surface area (Å²) in [7, 11) is 0. The van der Waals surface area contributed by atoms with Crippen LogP contribution in [0.3, 0.4) is 0 Å². The van der Waals surface area contributed by atoms with Crippen LogP contribution in [0.1, 0.15) is 54.6 Å². The molecule has 2 aliphatic rings. The monoisotopic (exact) mass is 289 g/mol. The zero-order chi connectivity index (χ0) is 15.4. The van der Waals surface area contributed by atoms with Gasteiger partial charge in [0.15, 0.2) is 0 Å².